The summed E-state index contributed by atoms with van der Waals surface area (Å²) in [5.41, 5.74) is -5.51. The Hall–Kier alpha value is -3.34. The molecule has 0 saturated carbocycles. The van der Waals surface area contributed by atoms with Crippen LogP contribution in [-0.4, -0.2) is 53.6 Å². The van der Waals surface area contributed by atoms with Crippen LogP contribution in [0.15, 0.2) is 29.6 Å². The first-order valence-electron chi connectivity index (χ1n) is 11.4. The highest BCUT2D eigenvalue weighted by Gasteiger charge is 2.49. The average molecular weight is 591 g/mol. The molecular formula is C23H19F5N4O5S2. The second kappa shape index (κ2) is 10.0. The highest BCUT2D eigenvalue weighted by Crippen LogP contribution is 2.47. The topological polar surface area (TPSA) is 116 Å². The molecule has 0 radical (unpaired) electrons. The molecule has 208 valence electrons. The van der Waals surface area contributed by atoms with Crippen LogP contribution >= 0.6 is 11.3 Å². The minimum Gasteiger partial charge on any atom is -0.490 e. The molecule has 1 aromatic carbocycles. The average Bonchev–Trinajstić information content (AvgIpc) is 3.50. The monoisotopic (exact) mass is 590 g/mol. The van der Waals surface area contributed by atoms with E-state index in [0.717, 1.165) is 17.4 Å². The molecule has 1 aliphatic heterocycles. The summed E-state index contributed by atoms with van der Waals surface area (Å²) >= 11 is 0.938. The van der Waals surface area contributed by atoms with Gasteiger partial charge in [-0.05, 0) is 24.4 Å². The fourth-order valence-electron chi connectivity index (χ4n) is 4.26. The van der Waals surface area contributed by atoms with Crippen LogP contribution in [0, 0.1) is 11.6 Å². The molecule has 16 heteroatoms. The lowest BCUT2D eigenvalue weighted by molar-refractivity contribution is -0.0500. The smallest absolute Gasteiger partial charge is 0.490 e. The van der Waals surface area contributed by atoms with Crippen molar-refractivity contribution in [2.45, 2.75) is 25.0 Å². The molecule has 5 rings (SSSR count). The maximum atomic E-state index is 15.5. The minimum absolute atomic E-state index is 0.0294. The van der Waals surface area contributed by atoms with Gasteiger partial charge in [-0.15, -0.1) is 11.3 Å². The van der Waals surface area contributed by atoms with Crippen molar-refractivity contribution in [1.29, 1.82) is 0 Å². The van der Waals surface area contributed by atoms with E-state index in [1.807, 2.05) is 6.92 Å². The fraction of sp³-hybridized carbons (Fsp3) is 0.304. The highest BCUT2D eigenvalue weighted by molar-refractivity contribution is 7.88. The number of hydrogen-bond donors (Lipinski definition) is 2. The van der Waals surface area contributed by atoms with Gasteiger partial charge < -0.3 is 19.3 Å². The van der Waals surface area contributed by atoms with Crippen molar-refractivity contribution in [3.8, 4) is 34.1 Å². The Bertz CT molecular complexity index is 1670. The number of aromatic nitrogens is 3. The van der Waals surface area contributed by atoms with Gasteiger partial charge in [0.2, 0.25) is 5.88 Å². The Labute approximate surface area is 221 Å². The molecule has 39 heavy (non-hydrogen) atoms. The van der Waals surface area contributed by atoms with Crippen LogP contribution < -0.4 is 14.2 Å². The largest absolute Gasteiger partial charge is 0.534 e. The molecule has 0 bridgehead atoms. The molecule has 1 aliphatic rings. The number of halogens is 5. The van der Waals surface area contributed by atoms with Crippen molar-refractivity contribution in [1.82, 2.24) is 20.1 Å². The van der Waals surface area contributed by atoms with Crippen molar-refractivity contribution in [3.63, 3.8) is 0 Å². The van der Waals surface area contributed by atoms with E-state index in [1.165, 1.54) is 11.4 Å². The van der Waals surface area contributed by atoms with Crippen LogP contribution in [0.25, 0.3) is 32.6 Å². The zero-order chi connectivity index (χ0) is 28.1. The SMILES string of the molecule is C[C@@H]1NCCn2nc(-c3nc(OS(=O)(=O)C(F)(F)F)c4ccsc4c3-c3c(F)cc(F)cc3OCCO)cc21. The second-order valence-electron chi connectivity index (χ2n) is 8.47. The Morgan fingerprint density at radius 2 is 2.00 bits per heavy atom. The number of benzene rings is 1. The lowest BCUT2D eigenvalue weighted by atomic mass is 9.98. The number of ether oxygens (including phenoxy) is 1. The van der Waals surface area contributed by atoms with E-state index in [-0.39, 0.29) is 51.0 Å². The summed E-state index contributed by atoms with van der Waals surface area (Å²) in [5.74, 6) is -3.26. The van der Waals surface area contributed by atoms with Crippen molar-refractivity contribution in [2.24, 2.45) is 0 Å². The first kappa shape index (κ1) is 27.2. The number of rotatable bonds is 7. The van der Waals surface area contributed by atoms with Crippen LogP contribution in [0.1, 0.15) is 18.7 Å². The quantitative estimate of drug-likeness (QED) is 0.185. The van der Waals surface area contributed by atoms with Gasteiger partial charge in [0.1, 0.15) is 35.4 Å². The van der Waals surface area contributed by atoms with Crippen molar-refractivity contribution in [3.05, 3.63) is 47.0 Å². The van der Waals surface area contributed by atoms with Crippen molar-refractivity contribution >= 4 is 31.5 Å². The number of hydrogen-bond acceptors (Lipinski definition) is 9. The maximum Gasteiger partial charge on any atom is 0.534 e. The summed E-state index contributed by atoms with van der Waals surface area (Å²) in [6, 6.07) is 4.16. The van der Waals surface area contributed by atoms with Crippen LogP contribution in [0.2, 0.25) is 0 Å². The third-order valence-electron chi connectivity index (χ3n) is 5.93. The molecule has 0 unspecified atom stereocenters. The van der Waals surface area contributed by atoms with E-state index in [4.69, 9.17) is 4.74 Å². The third-order valence-corrected chi connectivity index (χ3v) is 7.81. The first-order chi connectivity index (χ1) is 18.4. The van der Waals surface area contributed by atoms with Crippen molar-refractivity contribution < 1.29 is 44.4 Å². The Morgan fingerprint density at radius 3 is 2.69 bits per heavy atom. The van der Waals surface area contributed by atoms with E-state index < -0.39 is 39.7 Å². The molecule has 9 nitrogen and oxygen atoms in total. The van der Waals surface area contributed by atoms with Gasteiger partial charge in [0.05, 0.1) is 34.5 Å². The molecule has 1 atom stereocenters. The summed E-state index contributed by atoms with van der Waals surface area (Å²) in [6.45, 7) is 2.08. The molecule has 0 fully saturated rings. The first-order valence-corrected chi connectivity index (χ1v) is 13.7. The predicted octanol–water partition coefficient (Wildman–Crippen LogP) is 4.37. The summed E-state index contributed by atoms with van der Waals surface area (Å²) in [7, 11) is -6.11. The standard InChI is InChI=1S/C23H19F5N4O5S2/c1-11-16-10-15(31-32(16)4-3-29-11)20-19(18-14(25)8-12(24)9-17(18)36-6-5-33)21-13(2-7-38-21)22(30-20)37-39(34,35)23(26,27)28/h2,7-11,29,33H,3-6H2,1H3/t11-/m0/s1. The number of aliphatic hydroxyl groups is 1. The predicted molar refractivity (Wildman–Crippen MR) is 131 cm³/mol. The van der Waals surface area contributed by atoms with E-state index in [1.54, 1.807) is 10.7 Å². The summed E-state index contributed by atoms with van der Waals surface area (Å²) < 4.78 is 105. The van der Waals surface area contributed by atoms with E-state index in [2.05, 4.69) is 19.6 Å². The number of fused-ring (bicyclic) bond motifs is 2. The highest BCUT2D eigenvalue weighted by atomic mass is 32.2. The Morgan fingerprint density at radius 1 is 1.23 bits per heavy atom. The number of aliphatic hydroxyl groups excluding tert-OH is 1. The van der Waals surface area contributed by atoms with E-state index >= 15 is 4.39 Å². The Balaban J connectivity index is 1.84. The van der Waals surface area contributed by atoms with Gasteiger partial charge in [-0.25, -0.2) is 13.8 Å². The van der Waals surface area contributed by atoms with E-state index in [0.29, 0.717) is 24.8 Å². The lowest BCUT2D eigenvalue weighted by Crippen LogP contribution is -2.31. The summed E-state index contributed by atoms with van der Waals surface area (Å²) in [5, 5.41) is 18.2. The molecule has 0 amide bonds. The number of alkyl halides is 3. The van der Waals surface area contributed by atoms with Gasteiger partial charge in [0.15, 0.2) is 0 Å². The van der Waals surface area contributed by atoms with Gasteiger partial charge >= 0.3 is 15.6 Å². The summed E-state index contributed by atoms with van der Waals surface area (Å²) in [4.78, 5) is 4.12. The third kappa shape index (κ3) is 4.92. The normalized spacial score (nSPS) is 15.9. The molecular weight excluding hydrogens is 571 g/mol. The number of thiophene rings is 1. The van der Waals surface area contributed by atoms with Crippen LogP contribution in [0.3, 0.4) is 0 Å². The summed E-state index contributed by atoms with van der Waals surface area (Å²) in [6.07, 6.45) is 0. The van der Waals surface area contributed by atoms with Gasteiger partial charge in [0, 0.05) is 30.3 Å². The van der Waals surface area contributed by atoms with Crippen LogP contribution in [-0.2, 0) is 16.7 Å². The zero-order valence-electron chi connectivity index (χ0n) is 19.9. The van der Waals surface area contributed by atoms with Crippen LogP contribution in [0.5, 0.6) is 11.6 Å². The maximum absolute atomic E-state index is 15.5. The Kier molecular flexibility index (Phi) is 6.98. The van der Waals surface area contributed by atoms with Gasteiger partial charge in [0.25, 0.3) is 0 Å². The lowest BCUT2D eigenvalue weighted by Gasteiger charge is -2.21. The zero-order valence-corrected chi connectivity index (χ0v) is 21.6. The number of pyridine rings is 1. The van der Waals surface area contributed by atoms with E-state index in [9.17, 15) is 31.1 Å². The van der Waals surface area contributed by atoms with Crippen LogP contribution in [0.4, 0.5) is 22.0 Å². The molecule has 4 aromatic rings. The van der Waals surface area contributed by atoms with Gasteiger partial charge in [-0.3, -0.25) is 4.68 Å². The molecule has 0 saturated heterocycles. The van der Waals surface area contributed by atoms with Gasteiger partial charge in [-0.2, -0.15) is 26.7 Å². The molecule has 0 spiro atoms. The van der Waals surface area contributed by atoms with Crippen molar-refractivity contribution in [2.75, 3.05) is 19.8 Å². The fourth-order valence-corrected chi connectivity index (χ4v) is 5.63. The van der Waals surface area contributed by atoms with Gasteiger partial charge in [-0.1, -0.05) is 0 Å². The number of nitrogens with zero attached hydrogens (tertiary/aromatic N) is 3. The molecule has 4 heterocycles. The number of nitrogens with one attached hydrogen (secondary N) is 1. The second-order valence-corrected chi connectivity index (χ2v) is 10.9. The molecule has 3 aromatic heterocycles. The minimum atomic E-state index is -6.11. The molecule has 0 aliphatic carbocycles. The molecule has 2 N–H and O–H groups in total.